The molecule has 0 radical (unpaired) electrons. The molecule has 1 atom stereocenters. The zero-order valence-electron chi connectivity index (χ0n) is 12.5. The number of rotatable bonds is 5. The number of carbonyl (C=O) groups excluding carboxylic acids is 1. The van der Waals surface area contributed by atoms with Gasteiger partial charge in [0.15, 0.2) is 0 Å². The van der Waals surface area contributed by atoms with Crippen LogP contribution in [0.2, 0.25) is 0 Å². The van der Waals surface area contributed by atoms with Gasteiger partial charge >= 0.3 is 0 Å². The minimum Gasteiger partial charge on any atom is -0.461 e. The zero-order chi connectivity index (χ0) is 16.2. The Labute approximate surface area is 137 Å². The zero-order valence-corrected chi connectivity index (χ0v) is 13.3. The van der Waals surface area contributed by atoms with Crippen LogP contribution in [0.15, 0.2) is 53.2 Å². The van der Waals surface area contributed by atoms with E-state index < -0.39 is 6.10 Å². The number of pyridine rings is 1. The van der Waals surface area contributed by atoms with Crippen LogP contribution >= 0.6 is 11.3 Å². The minimum atomic E-state index is -0.755. The van der Waals surface area contributed by atoms with Gasteiger partial charge in [-0.3, -0.25) is 9.78 Å². The number of nitrogens with zero attached hydrogens (tertiary/aromatic N) is 1. The van der Waals surface area contributed by atoms with Gasteiger partial charge in [0.2, 0.25) is 0 Å². The summed E-state index contributed by atoms with van der Waals surface area (Å²) in [4.78, 5) is 17.6. The predicted molar refractivity (Wildman–Crippen MR) is 88.3 cm³/mol. The van der Waals surface area contributed by atoms with E-state index in [0.29, 0.717) is 4.88 Å². The quantitative estimate of drug-likeness (QED) is 0.754. The molecule has 3 rings (SSSR count). The molecular weight excluding hydrogens is 312 g/mol. The summed E-state index contributed by atoms with van der Waals surface area (Å²) >= 11 is 1.36. The highest BCUT2D eigenvalue weighted by molar-refractivity contribution is 7.17. The number of aliphatic hydroxyl groups is 1. The molecule has 0 unspecified atom stereocenters. The molecule has 23 heavy (non-hydrogen) atoms. The Morgan fingerprint density at radius 2 is 2.04 bits per heavy atom. The lowest BCUT2D eigenvalue weighted by molar-refractivity contribution is 0.0920. The second-order valence-electron chi connectivity index (χ2n) is 5.08. The van der Waals surface area contributed by atoms with Gasteiger partial charge in [0.05, 0.1) is 15.9 Å². The summed E-state index contributed by atoms with van der Waals surface area (Å²) in [6.45, 7) is 2.03. The number of nitrogens with one attached hydrogen (secondary N) is 1. The van der Waals surface area contributed by atoms with Crippen molar-refractivity contribution in [3.63, 3.8) is 0 Å². The fraction of sp³-hybridized carbons (Fsp3) is 0.176. The summed E-state index contributed by atoms with van der Waals surface area (Å²) in [5.74, 6) is 1.38. The molecule has 0 aliphatic carbocycles. The van der Waals surface area contributed by atoms with Crippen molar-refractivity contribution in [2.24, 2.45) is 0 Å². The average Bonchev–Trinajstić information content (AvgIpc) is 3.22. The first-order valence-corrected chi connectivity index (χ1v) is 7.98. The van der Waals surface area contributed by atoms with Crippen LogP contribution in [0.4, 0.5) is 0 Å². The van der Waals surface area contributed by atoms with Crippen molar-refractivity contribution in [3.05, 3.63) is 65.0 Å². The average molecular weight is 328 g/mol. The largest absolute Gasteiger partial charge is 0.461 e. The molecule has 0 saturated heterocycles. The maximum Gasteiger partial charge on any atom is 0.261 e. The molecule has 0 aromatic carbocycles. The molecular formula is C17H16N2O3S. The number of hydrogen-bond donors (Lipinski definition) is 2. The Morgan fingerprint density at radius 3 is 2.74 bits per heavy atom. The number of amides is 1. The molecule has 1 amide bonds. The number of aliphatic hydroxyl groups excluding tert-OH is 1. The Kier molecular flexibility index (Phi) is 4.55. The van der Waals surface area contributed by atoms with Crippen molar-refractivity contribution < 1.29 is 14.3 Å². The maximum atomic E-state index is 12.2. The molecule has 5 nitrogen and oxygen atoms in total. The number of carbonyl (C=O) groups is 1. The fourth-order valence-electron chi connectivity index (χ4n) is 2.14. The van der Waals surface area contributed by atoms with E-state index in [9.17, 15) is 9.90 Å². The van der Waals surface area contributed by atoms with Gasteiger partial charge in [-0.1, -0.05) is 0 Å². The van der Waals surface area contributed by atoms with Crippen molar-refractivity contribution >= 4 is 17.2 Å². The van der Waals surface area contributed by atoms with Gasteiger partial charge in [0.25, 0.3) is 5.91 Å². The van der Waals surface area contributed by atoms with Crippen LogP contribution in [-0.2, 0) is 0 Å². The van der Waals surface area contributed by atoms with Gasteiger partial charge in [-0.2, -0.15) is 0 Å². The smallest absolute Gasteiger partial charge is 0.261 e. The van der Waals surface area contributed by atoms with Crippen LogP contribution in [-0.4, -0.2) is 22.5 Å². The summed E-state index contributed by atoms with van der Waals surface area (Å²) in [6.07, 6.45) is 2.46. The fourth-order valence-corrected chi connectivity index (χ4v) is 3.02. The van der Waals surface area contributed by atoms with Gasteiger partial charge in [0, 0.05) is 18.9 Å². The summed E-state index contributed by atoms with van der Waals surface area (Å²) in [5, 5.41) is 12.8. The van der Waals surface area contributed by atoms with Gasteiger partial charge in [-0.25, -0.2) is 0 Å². The van der Waals surface area contributed by atoms with Crippen molar-refractivity contribution in [2.45, 2.75) is 13.0 Å². The maximum absolute atomic E-state index is 12.2. The van der Waals surface area contributed by atoms with Crippen LogP contribution in [0.5, 0.6) is 0 Å². The normalized spacial score (nSPS) is 12.1. The van der Waals surface area contributed by atoms with E-state index in [0.717, 1.165) is 22.0 Å². The highest BCUT2D eigenvalue weighted by atomic mass is 32.1. The van der Waals surface area contributed by atoms with Gasteiger partial charge < -0.3 is 14.8 Å². The van der Waals surface area contributed by atoms with Crippen molar-refractivity contribution in [1.29, 1.82) is 0 Å². The van der Waals surface area contributed by atoms with Gasteiger partial charge in [-0.05, 0) is 48.9 Å². The molecule has 118 valence electrons. The number of thiophene rings is 1. The molecule has 2 N–H and O–H groups in total. The molecule has 0 bridgehead atoms. The molecule has 6 heteroatoms. The summed E-state index contributed by atoms with van der Waals surface area (Å²) in [6, 6.07) is 10.8. The lowest BCUT2D eigenvalue weighted by atomic mass is 10.1. The first-order valence-electron chi connectivity index (χ1n) is 7.16. The van der Waals surface area contributed by atoms with Crippen LogP contribution < -0.4 is 5.32 Å². The molecule has 0 aliphatic rings. The molecule has 0 fully saturated rings. The molecule has 3 heterocycles. The van der Waals surface area contributed by atoms with Crippen LogP contribution in [0.1, 0.15) is 27.1 Å². The van der Waals surface area contributed by atoms with Crippen molar-refractivity contribution in [2.75, 3.05) is 6.54 Å². The third-order valence-corrected chi connectivity index (χ3v) is 4.46. The van der Waals surface area contributed by atoms with Crippen LogP contribution in [0.25, 0.3) is 10.6 Å². The van der Waals surface area contributed by atoms with E-state index in [2.05, 4.69) is 10.3 Å². The minimum absolute atomic E-state index is 0.149. The molecule has 3 aromatic heterocycles. The van der Waals surface area contributed by atoms with Crippen molar-refractivity contribution in [1.82, 2.24) is 10.3 Å². The Morgan fingerprint density at radius 1 is 1.26 bits per heavy atom. The molecule has 0 spiro atoms. The van der Waals surface area contributed by atoms with E-state index in [4.69, 9.17) is 4.42 Å². The van der Waals surface area contributed by atoms with Crippen LogP contribution in [0.3, 0.4) is 0 Å². The SMILES string of the molecule is Cc1ccc(-c2ccc(C(=O)NC[C@@H](O)c3ccncc3)s2)o1. The summed E-state index contributed by atoms with van der Waals surface area (Å²) < 4.78 is 5.55. The Bertz CT molecular complexity index is 795. The predicted octanol–water partition coefficient (Wildman–Crippen LogP) is 3.17. The topological polar surface area (TPSA) is 75.4 Å². The second kappa shape index (κ2) is 6.76. The van der Waals surface area contributed by atoms with Gasteiger partial charge in [0.1, 0.15) is 11.5 Å². The molecule has 3 aromatic rings. The highest BCUT2D eigenvalue weighted by Gasteiger charge is 2.14. The lowest BCUT2D eigenvalue weighted by Gasteiger charge is -2.11. The van der Waals surface area contributed by atoms with Crippen LogP contribution in [0, 0.1) is 6.92 Å². The first-order chi connectivity index (χ1) is 11.1. The monoisotopic (exact) mass is 328 g/mol. The second-order valence-corrected chi connectivity index (χ2v) is 6.16. The molecule has 0 saturated carbocycles. The van der Waals surface area contributed by atoms with Crippen molar-refractivity contribution in [3.8, 4) is 10.6 Å². The number of aryl methyl sites for hydroxylation is 1. The third kappa shape index (κ3) is 3.67. The standard InChI is InChI=1S/C17H16N2O3S/c1-11-2-3-14(22-11)15-4-5-16(23-15)17(21)19-10-13(20)12-6-8-18-9-7-12/h2-9,13,20H,10H2,1H3,(H,19,21)/t13-/m1/s1. The van der Waals surface area contributed by atoms with E-state index in [1.165, 1.54) is 11.3 Å². The number of furan rings is 1. The van der Waals surface area contributed by atoms with E-state index in [1.54, 1.807) is 30.6 Å². The summed E-state index contributed by atoms with van der Waals surface area (Å²) in [5.41, 5.74) is 0.721. The van der Waals surface area contributed by atoms with E-state index in [1.807, 2.05) is 25.1 Å². The Hall–Kier alpha value is -2.44. The highest BCUT2D eigenvalue weighted by Crippen LogP contribution is 2.29. The summed E-state index contributed by atoms with van der Waals surface area (Å²) in [7, 11) is 0. The van der Waals surface area contributed by atoms with Gasteiger partial charge in [-0.15, -0.1) is 11.3 Å². The number of aromatic nitrogens is 1. The van der Waals surface area contributed by atoms with E-state index in [-0.39, 0.29) is 12.5 Å². The molecule has 0 aliphatic heterocycles. The van der Waals surface area contributed by atoms with E-state index >= 15 is 0 Å². The lowest BCUT2D eigenvalue weighted by Crippen LogP contribution is -2.27. The Balaban J connectivity index is 1.62. The third-order valence-electron chi connectivity index (χ3n) is 3.36. The number of hydrogen-bond acceptors (Lipinski definition) is 5. The first kappa shape index (κ1) is 15.5.